The smallest absolute Gasteiger partial charge is 0.115 e. The Hall–Kier alpha value is -0.960. The van der Waals surface area contributed by atoms with Crippen LogP contribution in [0.5, 0.6) is 0 Å². The molecule has 1 aromatic heterocycles. The highest BCUT2D eigenvalue weighted by atomic mass is 14.9. The molecule has 0 spiro atoms. The van der Waals surface area contributed by atoms with Crippen LogP contribution in [0.2, 0.25) is 0 Å². The average molecular weight is 179 g/mol. The van der Waals surface area contributed by atoms with E-state index in [0.29, 0.717) is 0 Å². The zero-order valence-electron chi connectivity index (χ0n) is 8.33. The van der Waals surface area contributed by atoms with Crippen LogP contribution in [-0.4, -0.2) is 16.5 Å². The van der Waals surface area contributed by atoms with Gasteiger partial charge in [-0.3, -0.25) is 0 Å². The van der Waals surface area contributed by atoms with Crippen LogP contribution in [0.1, 0.15) is 25.8 Å². The van der Waals surface area contributed by atoms with E-state index < -0.39 is 0 Å². The van der Waals surface area contributed by atoms with Crippen LogP contribution in [0, 0.1) is 5.92 Å². The molecule has 0 saturated heterocycles. The van der Waals surface area contributed by atoms with Gasteiger partial charge < -0.3 is 5.32 Å². The Kier molecular flexibility index (Phi) is 4.40. The van der Waals surface area contributed by atoms with Gasteiger partial charge in [0.25, 0.3) is 0 Å². The van der Waals surface area contributed by atoms with E-state index in [0.717, 1.165) is 24.6 Å². The van der Waals surface area contributed by atoms with Gasteiger partial charge in [0.05, 0.1) is 0 Å². The summed E-state index contributed by atoms with van der Waals surface area (Å²) in [6, 6.07) is 0. The summed E-state index contributed by atoms with van der Waals surface area (Å²) in [4.78, 5) is 7.89. The molecule has 1 aromatic rings. The molecule has 0 aromatic carbocycles. The first kappa shape index (κ1) is 10.1. The van der Waals surface area contributed by atoms with Gasteiger partial charge in [0.15, 0.2) is 0 Å². The van der Waals surface area contributed by atoms with Crippen molar-refractivity contribution >= 4 is 0 Å². The third-order valence-corrected chi connectivity index (χ3v) is 1.84. The number of rotatable bonds is 5. The molecule has 0 radical (unpaired) electrons. The predicted molar refractivity (Wildman–Crippen MR) is 53.2 cm³/mol. The van der Waals surface area contributed by atoms with Crippen molar-refractivity contribution in [3.63, 3.8) is 0 Å². The Labute approximate surface area is 79.6 Å². The number of nitrogens with zero attached hydrogens (tertiary/aromatic N) is 2. The van der Waals surface area contributed by atoms with Gasteiger partial charge >= 0.3 is 0 Å². The van der Waals surface area contributed by atoms with Gasteiger partial charge in [0.1, 0.15) is 6.33 Å². The fourth-order valence-electron chi connectivity index (χ4n) is 1.04. The topological polar surface area (TPSA) is 37.8 Å². The maximum atomic E-state index is 3.95. The average Bonchev–Trinajstić information content (AvgIpc) is 2.14. The van der Waals surface area contributed by atoms with Crippen molar-refractivity contribution < 1.29 is 0 Å². The molecule has 1 rings (SSSR count). The summed E-state index contributed by atoms with van der Waals surface area (Å²) in [5.74, 6) is 0.763. The molecule has 0 aliphatic heterocycles. The molecule has 72 valence electrons. The third kappa shape index (κ3) is 4.58. The van der Waals surface area contributed by atoms with Crippen LogP contribution in [0.4, 0.5) is 0 Å². The summed E-state index contributed by atoms with van der Waals surface area (Å²) in [7, 11) is 0. The summed E-state index contributed by atoms with van der Waals surface area (Å²) in [5.41, 5.74) is 1.14. The fourth-order valence-corrected chi connectivity index (χ4v) is 1.04. The lowest BCUT2D eigenvalue weighted by Gasteiger charge is -2.05. The third-order valence-electron chi connectivity index (χ3n) is 1.84. The summed E-state index contributed by atoms with van der Waals surface area (Å²) in [6.07, 6.45) is 6.45. The molecule has 0 unspecified atom stereocenters. The molecule has 0 aliphatic rings. The maximum Gasteiger partial charge on any atom is 0.115 e. The molecule has 3 nitrogen and oxygen atoms in total. The number of aromatic nitrogens is 2. The Morgan fingerprint density at radius 3 is 2.62 bits per heavy atom. The van der Waals surface area contributed by atoms with Crippen molar-refractivity contribution in [3.05, 3.63) is 24.3 Å². The molecule has 0 fully saturated rings. The Balaban J connectivity index is 2.13. The molecule has 0 aliphatic carbocycles. The van der Waals surface area contributed by atoms with E-state index in [2.05, 4.69) is 29.1 Å². The van der Waals surface area contributed by atoms with E-state index in [1.807, 2.05) is 12.4 Å². The molecule has 0 atom stereocenters. The van der Waals surface area contributed by atoms with Crippen molar-refractivity contribution in [3.8, 4) is 0 Å². The lowest BCUT2D eigenvalue weighted by atomic mass is 10.1. The largest absolute Gasteiger partial charge is 0.313 e. The number of nitrogens with one attached hydrogen (secondary N) is 1. The normalized spacial score (nSPS) is 10.7. The van der Waals surface area contributed by atoms with Gasteiger partial charge in [-0.2, -0.15) is 0 Å². The Bertz CT molecular complexity index is 221. The van der Waals surface area contributed by atoms with Gasteiger partial charge in [-0.15, -0.1) is 0 Å². The van der Waals surface area contributed by atoms with E-state index >= 15 is 0 Å². The minimum absolute atomic E-state index is 0.763. The van der Waals surface area contributed by atoms with Crippen LogP contribution in [-0.2, 0) is 6.54 Å². The summed E-state index contributed by atoms with van der Waals surface area (Å²) < 4.78 is 0. The highest BCUT2D eigenvalue weighted by molar-refractivity contribution is 5.01. The predicted octanol–water partition coefficient (Wildman–Crippen LogP) is 1.61. The minimum Gasteiger partial charge on any atom is -0.313 e. The summed E-state index contributed by atoms with van der Waals surface area (Å²) in [5, 5.41) is 3.35. The fraction of sp³-hybridized carbons (Fsp3) is 0.600. The lowest BCUT2D eigenvalue weighted by molar-refractivity contribution is 0.537. The van der Waals surface area contributed by atoms with Crippen LogP contribution >= 0.6 is 0 Å². The standard InChI is InChI=1S/C10H17N3/c1-9(2)3-4-11-5-10-6-12-8-13-7-10/h6-9,11H,3-5H2,1-2H3. The molecule has 1 heterocycles. The van der Waals surface area contributed by atoms with Crippen molar-refractivity contribution in [1.82, 2.24) is 15.3 Å². The Morgan fingerprint density at radius 1 is 1.31 bits per heavy atom. The van der Waals surface area contributed by atoms with E-state index in [4.69, 9.17) is 0 Å². The van der Waals surface area contributed by atoms with Crippen LogP contribution in [0.25, 0.3) is 0 Å². The summed E-state index contributed by atoms with van der Waals surface area (Å²) >= 11 is 0. The second kappa shape index (κ2) is 5.65. The first-order valence-corrected chi connectivity index (χ1v) is 4.73. The first-order chi connectivity index (χ1) is 6.29. The first-order valence-electron chi connectivity index (χ1n) is 4.73. The Morgan fingerprint density at radius 2 is 2.00 bits per heavy atom. The highest BCUT2D eigenvalue weighted by Gasteiger charge is 1.94. The number of hydrogen-bond acceptors (Lipinski definition) is 3. The van der Waals surface area contributed by atoms with E-state index in [1.54, 1.807) is 6.33 Å². The number of hydrogen-bond donors (Lipinski definition) is 1. The van der Waals surface area contributed by atoms with E-state index in [1.165, 1.54) is 6.42 Å². The maximum absolute atomic E-state index is 3.95. The van der Waals surface area contributed by atoms with Crippen molar-refractivity contribution in [2.24, 2.45) is 5.92 Å². The minimum atomic E-state index is 0.763. The monoisotopic (exact) mass is 179 g/mol. The molecular weight excluding hydrogens is 162 g/mol. The summed E-state index contributed by atoms with van der Waals surface area (Å²) in [6.45, 7) is 6.39. The van der Waals surface area contributed by atoms with Crippen LogP contribution < -0.4 is 5.32 Å². The zero-order chi connectivity index (χ0) is 9.52. The van der Waals surface area contributed by atoms with E-state index in [-0.39, 0.29) is 0 Å². The molecule has 0 amide bonds. The molecular formula is C10H17N3. The molecule has 1 N–H and O–H groups in total. The van der Waals surface area contributed by atoms with Crippen molar-refractivity contribution in [1.29, 1.82) is 0 Å². The quantitative estimate of drug-likeness (QED) is 0.698. The lowest BCUT2D eigenvalue weighted by Crippen LogP contribution is -2.16. The van der Waals surface area contributed by atoms with Gasteiger partial charge in [-0.05, 0) is 18.9 Å². The van der Waals surface area contributed by atoms with Crippen LogP contribution in [0.15, 0.2) is 18.7 Å². The second-order valence-corrected chi connectivity index (χ2v) is 3.61. The SMILES string of the molecule is CC(C)CCNCc1cncnc1. The molecule has 0 bridgehead atoms. The molecule has 3 heteroatoms. The molecule has 13 heavy (non-hydrogen) atoms. The van der Waals surface area contributed by atoms with E-state index in [9.17, 15) is 0 Å². The van der Waals surface area contributed by atoms with Gasteiger partial charge in [0, 0.05) is 24.5 Å². The van der Waals surface area contributed by atoms with Crippen molar-refractivity contribution in [2.75, 3.05) is 6.54 Å². The van der Waals surface area contributed by atoms with Gasteiger partial charge in [-0.1, -0.05) is 13.8 Å². The highest BCUT2D eigenvalue weighted by Crippen LogP contribution is 1.97. The second-order valence-electron chi connectivity index (χ2n) is 3.61. The van der Waals surface area contributed by atoms with Crippen LogP contribution in [0.3, 0.4) is 0 Å². The van der Waals surface area contributed by atoms with Gasteiger partial charge in [0.2, 0.25) is 0 Å². The zero-order valence-corrected chi connectivity index (χ0v) is 8.33. The molecule has 0 saturated carbocycles. The van der Waals surface area contributed by atoms with Gasteiger partial charge in [-0.25, -0.2) is 9.97 Å². The van der Waals surface area contributed by atoms with Crippen molar-refractivity contribution in [2.45, 2.75) is 26.8 Å².